The van der Waals surface area contributed by atoms with Crippen molar-refractivity contribution in [1.82, 2.24) is 0 Å². The van der Waals surface area contributed by atoms with E-state index in [2.05, 4.69) is 20.7 Å². The van der Waals surface area contributed by atoms with Crippen molar-refractivity contribution >= 4 is 27.5 Å². The van der Waals surface area contributed by atoms with Crippen LogP contribution in [0.3, 0.4) is 0 Å². The van der Waals surface area contributed by atoms with E-state index in [0.29, 0.717) is 18.7 Å². The van der Waals surface area contributed by atoms with Crippen LogP contribution in [-0.4, -0.2) is 30.1 Å². The molecule has 1 saturated heterocycles. The minimum Gasteiger partial charge on any atom is -0.484 e. The quantitative estimate of drug-likeness (QED) is 0.793. The molecule has 1 atom stereocenters. The van der Waals surface area contributed by atoms with Crippen molar-refractivity contribution in [1.29, 1.82) is 0 Å². The number of benzene rings is 1. The van der Waals surface area contributed by atoms with Crippen LogP contribution < -0.4 is 9.64 Å². The summed E-state index contributed by atoms with van der Waals surface area (Å²) in [6.45, 7) is -0.764. The highest BCUT2D eigenvalue weighted by molar-refractivity contribution is 9.09. The highest BCUT2D eigenvalue weighted by Gasteiger charge is 2.29. The highest BCUT2D eigenvalue weighted by Crippen LogP contribution is 2.27. The van der Waals surface area contributed by atoms with Gasteiger partial charge in [0.15, 0.2) is 6.61 Å². The molecule has 1 amide bonds. The van der Waals surface area contributed by atoms with Gasteiger partial charge in [0, 0.05) is 23.5 Å². The molecule has 0 bridgehead atoms. The molecule has 1 aromatic carbocycles. The number of ether oxygens (including phenoxy) is 1. The fourth-order valence-electron chi connectivity index (χ4n) is 1.80. The maximum Gasteiger partial charge on any atom is 0.422 e. The second kappa shape index (κ2) is 5.40. The van der Waals surface area contributed by atoms with Crippen molar-refractivity contribution in [3.8, 4) is 5.75 Å². The second-order valence-electron chi connectivity index (χ2n) is 4.20. The Hall–Kier alpha value is -1.24. The van der Waals surface area contributed by atoms with Gasteiger partial charge in [0.25, 0.3) is 0 Å². The molecule has 1 fully saturated rings. The highest BCUT2D eigenvalue weighted by atomic mass is 79.9. The molecule has 0 radical (unpaired) electrons. The minimum atomic E-state index is -4.35. The molecule has 19 heavy (non-hydrogen) atoms. The molecule has 3 nitrogen and oxygen atoms in total. The molecule has 1 heterocycles. The van der Waals surface area contributed by atoms with E-state index in [9.17, 15) is 18.0 Å². The summed E-state index contributed by atoms with van der Waals surface area (Å²) >= 11 is 3.37. The molecule has 0 saturated carbocycles. The lowest BCUT2D eigenvalue weighted by Gasteiger charge is -2.16. The molecule has 1 aliphatic rings. The third-order valence-corrected chi connectivity index (χ3v) is 3.24. The van der Waals surface area contributed by atoms with Gasteiger partial charge in [-0.05, 0) is 24.3 Å². The molecule has 7 heteroatoms. The largest absolute Gasteiger partial charge is 0.484 e. The summed E-state index contributed by atoms with van der Waals surface area (Å²) in [5, 5.41) is 0. The summed E-state index contributed by atoms with van der Waals surface area (Å²) in [4.78, 5) is 13.3. The lowest BCUT2D eigenvalue weighted by Crippen LogP contribution is -2.24. The maximum absolute atomic E-state index is 12.0. The van der Waals surface area contributed by atoms with Gasteiger partial charge in [-0.15, -0.1) is 0 Å². The number of anilines is 1. The van der Waals surface area contributed by atoms with Crippen LogP contribution in [0.2, 0.25) is 0 Å². The molecule has 1 aromatic rings. The molecular weight excluding hydrogens is 327 g/mol. The zero-order chi connectivity index (χ0) is 14.0. The lowest BCUT2D eigenvalue weighted by molar-refractivity contribution is -0.153. The van der Waals surface area contributed by atoms with Gasteiger partial charge in [0.1, 0.15) is 5.75 Å². The topological polar surface area (TPSA) is 29.5 Å². The van der Waals surface area contributed by atoms with Crippen molar-refractivity contribution in [2.45, 2.75) is 17.4 Å². The number of rotatable bonds is 3. The molecule has 0 aliphatic carbocycles. The average molecular weight is 338 g/mol. The van der Waals surface area contributed by atoms with E-state index in [0.717, 1.165) is 0 Å². The van der Waals surface area contributed by atoms with Crippen LogP contribution in [0.5, 0.6) is 5.75 Å². The predicted molar refractivity (Wildman–Crippen MR) is 67.7 cm³/mol. The number of halogens is 4. The van der Waals surface area contributed by atoms with Gasteiger partial charge in [-0.25, -0.2) is 0 Å². The maximum atomic E-state index is 12.0. The first-order valence-corrected chi connectivity index (χ1v) is 6.51. The number of carbonyl (C=O) groups is 1. The zero-order valence-corrected chi connectivity index (χ0v) is 11.4. The summed E-state index contributed by atoms with van der Waals surface area (Å²) in [6.07, 6.45) is -3.93. The van der Waals surface area contributed by atoms with Crippen molar-refractivity contribution in [2.75, 3.05) is 18.1 Å². The third kappa shape index (κ3) is 3.86. The molecule has 2 rings (SSSR count). The summed E-state index contributed by atoms with van der Waals surface area (Å²) in [6, 6.07) is 6.01. The van der Waals surface area contributed by atoms with E-state index >= 15 is 0 Å². The van der Waals surface area contributed by atoms with Crippen molar-refractivity contribution in [3.05, 3.63) is 24.3 Å². The first-order valence-electron chi connectivity index (χ1n) is 5.59. The van der Waals surface area contributed by atoms with Crippen LogP contribution in [0.1, 0.15) is 6.42 Å². The Morgan fingerprint density at radius 1 is 1.32 bits per heavy atom. The predicted octanol–water partition coefficient (Wildman–Crippen LogP) is 3.13. The Balaban J connectivity index is 2.01. The van der Waals surface area contributed by atoms with Gasteiger partial charge in [0.2, 0.25) is 5.91 Å². The van der Waals surface area contributed by atoms with Crippen molar-refractivity contribution in [3.63, 3.8) is 0 Å². The van der Waals surface area contributed by atoms with Gasteiger partial charge < -0.3 is 9.64 Å². The number of amides is 1. The Morgan fingerprint density at radius 2 is 1.95 bits per heavy atom. The molecule has 0 spiro atoms. The Labute approximate surface area is 116 Å². The van der Waals surface area contributed by atoms with Gasteiger partial charge >= 0.3 is 6.18 Å². The van der Waals surface area contributed by atoms with E-state index in [1.165, 1.54) is 12.1 Å². The summed E-state index contributed by atoms with van der Waals surface area (Å²) in [7, 11) is 0. The van der Waals surface area contributed by atoms with Crippen molar-refractivity contribution < 1.29 is 22.7 Å². The van der Waals surface area contributed by atoms with Crippen molar-refractivity contribution in [2.24, 2.45) is 0 Å². The van der Waals surface area contributed by atoms with E-state index in [-0.39, 0.29) is 16.5 Å². The molecule has 1 unspecified atom stereocenters. The van der Waals surface area contributed by atoms with Crippen LogP contribution >= 0.6 is 15.9 Å². The van der Waals surface area contributed by atoms with Crippen LogP contribution in [0.25, 0.3) is 0 Å². The number of carbonyl (C=O) groups excluding carboxylic acids is 1. The lowest BCUT2D eigenvalue weighted by atomic mass is 10.3. The molecule has 104 valence electrons. The van der Waals surface area contributed by atoms with Gasteiger partial charge in [0.05, 0.1) is 0 Å². The zero-order valence-electron chi connectivity index (χ0n) is 9.78. The fourth-order valence-corrected chi connectivity index (χ4v) is 2.37. The monoisotopic (exact) mass is 337 g/mol. The SMILES string of the molecule is O=C1CC(Br)CN1c1ccc(OCC(F)(F)F)cc1. The standard InChI is InChI=1S/C12H11BrF3NO2/c13-8-5-11(18)17(6-8)9-1-3-10(4-2-9)19-7-12(14,15)16/h1-4,8H,5-7H2. The minimum absolute atomic E-state index is 0.00849. The Morgan fingerprint density at radius 3 is 2.42 bits per heavy atom. The normalized spacial score (nSPS) is 19.9. The summed E-state index contributed by atoms with van der Waals surface area (Å²) in [5.74, 6) is 0.119. The average Bonchev–Trinajstić information content (AvgIpc) is 2.66. The van der Waals surface area contributed by atoms with Crippen LogP contribution in [0.15, 0.2) is 24.3 Å². The van der Waals surface area contributed by atoms with E-state index in [1.54, 1.807) is 17.0 Å². The van der Waals surface area contributed by atoms with Crippen LogP contribution in [0, 0.1) is 0 Å². The number of alkyl halides is 4. The fraction of sp³-hybridized carbons (Fsp3) is 0.417. The summed E-state index contributed by atoms with van der Waals surface area (Å²) < 4.78 is 40.5. The third-order valence-electron chi connectivity index (χ3n) is 2.63. The van der Waals surface area contributed by atoms with Gasteiger partial charge in [-0.2, -0.15) is 13.2 Å². The molecule has 1 aliphatic heterocycles. The number of hydrogen-bond donors (Lipinski definition) is 0. The van der Waals surface area contributed by atoms with Crippen LogP contribution in [-0.2, 0) is 4.79 Å². The van der Waals surface area contributed by atoms with E-state index in [4.69, 9.17) is 0 Å². The molecule has 0 N–H and O–H groups in total. The molecular formula is C12H11BrF3NO2. The first-order chi connectivity index (χ1) is 8.85. The van der Waals surface area contributed by atoms with Gasteiger partial charge in [-0.3, -0.25) is 4.79 Å². The second-order valence-corrected chi connectivity index (χ2v) is 5.50. The van der Waals surface area contributed by atoms with Crippen LogP contribution in [0.4, 0.5) is 18.9 Å². The first kappa shape index (κ1) is 14.2. The smallest absolute Gasteiger partial charge is 0.422 e. The Kier molecular flexibility index (Phi) is 4.03. The van der Waals surface area contributed by atoms with E-state index in [1.807, 2.05) is 0 Å². The Bertz CT molecular complexity index is 461. The number of nitrogens with zero attached hydrogens (tertiary/aromatic N) is 1. The van der Waals surface area contributed by atoms with E-state index < -0.39 is 12.8 Å². The summed E-state index contributed by atoms with van der Waals surface area (Å²) in [5.41, 5.74) is 0.659. The number of hydrogen-bond acceptors (Lipinski definition) is 2. The van der Waals surface area contributed by atoms with Gasteiger partial charge in [-0.1, -0.05) is 15.9 Å². The molecule has 0 aromatic heterocycles.